The van der Waals surface area contributed by atoms with Gasteiger partial charge in [-0.1, -0.05) is 19.3 Å². The van der Waals surface area contributed by atoms with Crippen molar-refractivity contribution in [1.82, 2.24) is 0 Å². The molecule has 21 heavy (non-hydrogen) atoms. The van der Waals surface area contributed by atoms with E-state index in [4.69, 9.17) is 5.11 Å². The molecule has 114 valence electrons. The van der Waals surface area contributed by atoms with Crippen molar-refractivity contribution in [2.24, 2.45) is 5.41 Å². The van der Waals surface area contributed by atoms with Gasteiger partial charge in [-0.2, -0.15) is 0 Å². The smallest absolute Gasteiger partial charge is 0.335 e. The van der Waals surface area contributed by atoms with Crippen LogP contribution in [0.5, 0.6) is 0 Å². The lowest BCUT2D eigenvalue weighted by Crippen LogP contribution is -2.41. The Kier molecular flexibility index (Phi) is 3.87. The molecule has 1 spiro atoms. The topological polar surface area (TPSA) is 40.5 Å². The van der Waals surface area contributed by atoms with Gasteiger partial charge in [0.05, 0.1) is 11.3 Å². The second-order valence-electron chi connectivity index (χ2n) is 6.52. The number of anilines is 1. The summed E-state index contributed by atoms with van der Waals surface area (Å²) in [5.41, 5.74) is 1.05. The molecule has 1 saturated heterocycles. The maximum atomic E-state index is 14.1. The van der Waals surface area contributed by atoms with E-state index in [0.717, 1.165) is 32.0 Å². The number of rotatable bonds is 2. The summed E-state index contributed by atoms with van der Waals surface area (Å²) in [4.78, 5) is 12.9. The largest absolute Gasteiger partial charge is 0.478 e. The van der Waals surface area contributed by atoms with Gasteiger partial charge in [-0.15, -0.1) is 0 Å². The minimum absolute atomic E-state index is 0.0111. The lowest BCUT2D eigenvalue weighted by atomic mass is 9.68. The molecule has 0 amide bonds. The van der Waals surface area contributed by atoms with Crippen LogP contribution in [0.15, 0.2) is 18.2 Å². The van der Waals surface area contributed by atoms with Crippen LogP contribution in [0.1, 0.15) is 55.3 Å². The first-order valence-electron chi connectivity index (χ1n) is 7.88. The van der Waals surface area contributed by atoms with Crippen molar-refractivity contribution >= 4 is 11.7 Å². The summed E-state index contributed by atoms with van der Waals surface area (Å²) in [7, 11) is 0. The van der Waals surface area contributed by atoms with Gasteiger partial charge in [0.25, 0.3) is 0 Å². The third-order valence-electron chi connectivity index (χ3n) is 5.27. The number of nitrogens with zero attached hydrogens (tertiary/aromatic N) is 1. The average Bonchev–Trinajstić information content (AvgIpc) is 2.49. The number of hydrogen-bond donors (Lipinski definition) is 1. The van der Waals surface area contributed by atoms with Crippen LogP contribution in [-0.4, -0.2) is 24.2 Å². The van der Waals surface area contributed by atoms with E-state index in [9.17, 15) is 9.18 Å². The van der Waals surface area contributed by atoms with Crippen molar-refractivity contribution in [2.75, 3.05) is 18.0 Å². The molecule has 1 N–H and O–H groups in total. The first-order valence-corrected chi connectivity index (χ1v) is 7.88. The normalized spacial score (nSPS) is 21.5. The van der Waals surface area contributed by atoms with Crippen LogP contribution in [-0.2, 0) is 0 Å². The van der Waals surface area contributed by atoms with Gasteiger partial charge in [0.1, 0.15) is 5.82 Å². The molecule has 0 bridgehead atoms. The lowest BCUT2D eigenvalue weighted by molar-refractivity contribution is 0.0696. The van der Waals surface area contributed by atoms with Gasteiger partial charge in [0, 0.05) is 13.1 Å². The molecule has 2 fully saturated rings. The molecule has 0 aromatic heterocycles. The first-order chi connectivity index (χ1) is 10.1. The molecule has 4 heteroatoms. The Balaban J connectivity index is 1.70. The Hall–Kier alpha value is -1.58. The van der Waals surface area contributed by atoms with Crippen molar-refractivity contribution in [3.63, 3.8) is 0 Å². The molecule has 1 aliphatic heterocycles. The summed E-state index contributed by atoms with van der Waals surface area (Å²) in [6.07, 6.45) is 8.93. The highest BCUT2D eigenvalue weighted by molar-refractivity contribution is 5.88. The van der Waals surface area contributed by atoms with Crippen molar-refractivity contribution < 1.29 is 14.3 Å². The first kappa shape index (κ1) is 14.4. The number of piperidine rings is 1. The third kappa shape index (κ3) is 2.89. The zero-order chi connectivity index (χ0) is 14.9. The minimum atomic E-state index is -1.08. The number of aromatic carboxylic acids is 1. The number of halogens is 1. The van der Waals surface area contributed by atoms with Crippen LogP contribution in [0.2, 0.25) is 0 Å². The van der Waals surface area contributed by atoms with Crippen LogP contribution >= 0.6 is 0 Å². The molecule has 0 unspecified atom stereocenters. The summed E-state index contributed by atoms with van der Waals surface area (Å²) in [5, 5.41) is 8.90. The Morgan fingerprint density at radius 3 is 2.33 bits per heavy atom. The van der Waals surface area contributed by atoms with Gasteiger partial charge in [0.15, 0.2) is 0 Å². The van der Waals surface area contributed by atoms with Crippen LogP contribution < -0.4 is 4.90 Å². The third-order valence-corrected chi connectivity index (χ3v) is 5.27. The van der Waals surface area contributed by atoms with E-state index in [2.05, 4.69) is 4.90 Å². The SMILES string of the molecule is O=C(O)c1ccc(N2CCC3(CCCCC3)CC2)c(F)c1. The molecule has 3 rings (SSSR count). The summed E-state index contributed by atoms with van der Waals surface area (Å²) < 4.78 is 14.1. The van der Waals surface area contributed by atoms with E-state index in [1.807, 2.05) is 0 Å². The van der Waals surface area contributed by atoms with Crippen LogP contribution in [0.4, 0.5) is 10.1 Å². The fourth-order valence-corrected chi connectivity index (χ4v) is 3.92. The molecular weight excluding hydrogens is 269 g/mol. The van der Waals surface area contributed by atoms with Crippen LogP contribution in [0, 0.1) is 11.2 Å². The zero-order valence-electron chi connectivity index (χ0n) is 12.3. The number of hydrogen-bond acceptors (Lipinski definition) is 2. The molecule has 3 nitrogen and oxygen atoms in total. The molecule has 1 aromatic rings. The van der Waals surface area contributed by atoms with Crippen molar-refractivity contribution in [2.45, 2.75) is 44.9 Å². The molecule has 1 saturated carbocycles. The predicted molar refractivity (Wildman–Crippen MR) is 80.3 cm³/mol. The molecule has 0 atom stereocenters. The van der Waals surface area contributed by atoms with Gasteiger partial charge >= 0.3 is 5.97 Å². The predicted octanol–water partition coefficient (Wildman–Crippen LogP) is 4.07. The number of carboxylic acids is 1. The standard InChI is InChI=1S/C17H22FNO2/c18-14-12-13(16(20)21)4-5-15(14)19-10-8-17(9-11-19)6-2-1-3-7-17/h4-5,12H,1-3,6-11H2,(H,20,21). The fourth-order valence-electron chi connectivity index (χ4n) is 3.92. The number of carbonyl (C=O) groups is 1. The van der Waals surface area contributed by atoms with E-state index in [1.165, 1.54) is 38.2 Å². The highest BCUT2D eigenvalue weighted by atomic mass is 19.1. The Morgan fingerprint density at radius 2 is 1.76 bits per heavy atom. The maximum Gasteiger partial charge on any atom is 0.335 e. The monoisotopic (exact) mass is 291 g/mol. The van der Waals surface area contributed by atoms with E-state index < -0.39 is 11.8 Å². The van der Waals surface area contributed by atoms with Crippen molar-refractivity contribution in [3.8, 4) is 0 Å². The number of carboxylic acid groups (broad SMARTS) is 1. The minimum Gasteiger partial charge on any atom is -0.478 e. The Labute approximate surface area is 124 Å². The molecular formula is C17H22FNO2. The van der Waals surface area contributed by atoms with Crippen LogP contribution in [0.25, 0.3) is 0 Å². The van der Waals surface area contributed by atoms with E-state index in [0.29, 0.717) is 11.1 Å². The van der Waals surface area contributed by atoms with Gasteiger partial charge in [-0.25, -0.2) is 9.18 Å². The van der Waals surface area contributed by atoms with Gasteiger partial charge in [-0.05, 0) is 49.3 Å². The second-order valence-corrected chi connectivity index (χ2v) is 6.52. The van der Waals surface area contributed by atoms with E-state index in [1.54, 1.807) is 6.07 Å². The quantitative estimate of drug-likeness (QED) is 0.892. The highest BCUT2D eigenvalue weighted by Gasteiger charge is 2.35. The molecule has 0 radical (unpaired) electrons. The molecule has 1 aromatic carbocycles. The summed E-state index contributed by atoms with van der Waals surface area (Å²) >= 11 is 0. The zero-order valence-corrected chi connectivity index (χ0v) is 12.3. The maximum absolute atomic E-state index is 14.1. The fraction of sp³-hybridized carbons (Fsp3) is 0.588. The molecule has 1 aliphatic carbocycles. The van der Waals surface area contributed by atoms with Gasteiger partial charge in [-0.3, -0.25) is 0 Å². The van der Waals surface area contributed by atoms with E-state index >= 15 is 0 Å². The number of benzene rings is 1. The van der Waals surface area contributed by atoms with E-state index in [-0.39, 0.29) is 5.56 Å². The van der Waals surface area contributed by atoms with Gasteiger partial charge in [0.2, 0.25) is 0 Å². The highest BCUT2D eigenvalue weighted by Crippen LogP contribution is 2.45. The van der Waals surface area contributed by atoms with Gasteiger partial charge < -0.3 is 10.0 Å². The Bertz CT molecular complexity index is 528. The van der Waals surface area contributed by atoms with Crippen molar-refractivity contribution in [1.29, 1.82) is 0 Å². The second kappa shape index (κ2) is 5.66. The summed E-state index contributed by atoms with van der Waals surface area (Å²) in [5.74, 6) is -1.50. The lowest BCUT2D eigenvalue weighted by Gasteiger charge is -2.45. The van der Waals surface area contributed by atoms with Crippen molar-refractivity contribution in [3.05, 3.63) is 29.6 Å². The Morgan fingerprint density at radius 1 is 1.10 bits per heavy atom. The van der Waals surface area contributed by atoms with Crippen LogP contribution in [0.3, 0.4) is 0 Å². The summed E-state index contributed by atoms with van der Waals surface area (Å²) in [6.45, 7) is 1.76. The molecule has 1 heterocycles. The summed E-state index contributed by atoms with van der Waals surface area (Å²) in [6, 6.07) is 4.23. The average molecular weight is 291 g/mol. The molecule has 2 aliphatic rings.